The van der Waals surface area contributed by atoms with E-state index >= 15 is 0 Å². The van der Waals surface area contributed by atoms with E-state index in [0.717, 1.165) is 23.5 Å². The van der Waals surface area contributed by atoms with Gasteiger partial charge in [0.15, 0.2) is 11.6 Å². The molecular weight excluding hydrogens is 282 g/mol. The Hall–Kier alpha value is -2.10. The highest BCUT2D eigenvalue weighted by Crippen LogP contribution is 2.35. The van der Waals surface area contributed by atoms with Crippen LogP contribution in [0.3, 0.4) is 0 Å². The van der Waals surface area contributed by atoms with E-state index in [1.807, 2.05) is 0 Å². The van der Waals surface area contributed by atoms with Gasteiger partial charge in [-0.05, 0) is 61.7 Å². The zero-order valence-electron chi connectivity index (χ0n) is 13.1. The fourth-order valence-corrected chi connectivity index (χ4v) is 2.86. The highest BCUT2D eigenvalue weighted by Gasteiger charge is 2.23. The Kier molecular flexibility index (Phi) is 3.77. The maximum Gasteiger partial charge on any atom is 0.159 e. The van der Waals surface area contributed by atoms with Gasteiger partial charge in [0.2, 0.25) is 0 Å². The lowest BCUT2D eigenvalue weighted by molar-refractivity contribution is 0.506. The van der Waals surface area contributed by atoms with E-state index in [-0.39, 0.29) is 6.04 Å². The summed E-state index contributed by atoms with van der Waals surface area (Å²) in [6.07, 6.45) is 0. The third kappa shape index (κ3) is 2.65. The topological polar surface area (TPSA) is 15.3 Å². The summed E-state index contributed by atoms with van der Waals surface area (Å²) in [6.45, 7) is 7.71. The molecule has 2 nitrogen and oxygen atoms in total. The second-order valence-electron chi connectivity index (χ2n) is 6.06. The van der Waals surface area contributed by atoms with Crippen molar-refractivity contribution in [2.75, 3.05) is 16.8 Å². The molecule has 4 heteroatoms. The number of rotatable bonds is 2. The molecule has 2 aromatic carbocycles. The molecule has 0 fully saturated rings. The average molecular weight is 302 g/mol. The summed E-state index contributed by atoms with van der Waals surface area (Å²) in [5.41, 5.74) is 5.46. The van der Waals surface area contributed by atoms with Crippen LogP contribution in [0, 0.1) is 25.5 Å². The van der Waals surface area contributed by atoms with Crippen molar-refractivity contribution in [3.63, 3.8) is 0 Å². The predicted molar refractivity (Wildman–Crippen MR) is 86.4 cm³/mol. The molecule has 0 bridgehead atoms. The molecule has 1 aliphatic heterocycles. The average Bonchev–Trinajstić information content (AvgIpc) is 2.48. The van der Waals surface area contributed by atoms with Gasteiger partial charge in [0, 0.05) is 19.1 Å². The Bertz CT molecular complexity index is 712. The predicted octanol–water partition coefficient (Wildman–Crippen LogP) is 4.40. The highest BCUT2D eigenvalue weighted by molar-refractivity contribution is 5.74. The van der Waals surface area contributed by atoms with Gasteiger partial charge in [0.25, 0.3) is 0 Å². The zero-order chi connectivity index (χ0) is 15.9. The molecule has 1 atom stereocenters. The minimum Gasteiger partial charge on any atom is -0.381 e. The Morgan fingerprint density at radius 3 is 2.55 bits per heavy atom. The van der Waals surface area contributed by atoms with Crippen LogP contribution in [0.4, 0.5) is 20.2 Å². The summed E-state index contributed by atoms with van der Waals surface area (Å²) in [4.78, 5) is 2.24. The zero-order valence-corrected chi connectivity index (χ0v) is 13.1. The first-order valence-corrected chi connectivity index (χ1v) is 7.51. The summed E-state index contributed by atoms with van der Waals surface area (Å²) in [5.74, 6) is -1.59. The minimum absolute atomic E-state index is 0.280. The normalized spacial score (nSPS) is 17.1. The Balaban J connectivity index is 1.96. The van der Waals surface area contributed by atoms with E-state index in [1.165, 1.54) is 23.3 Å². The summed E-state index contributed by atoms with van der Waals surface area (Å²) in [6, 6.07) is 8.71. The van der Waals surface area contributed by atoms with Gasteiger partial charge in [-0.2, -0.15) is 0 Å². The summed E-state index contributed by atoms with van der Waals surface area (Å²) in [5, 5.41) is 3.44. The van der Waals surface area contributed by atoms with Gasteiger partial charge in [0.1, 0.15) is 0 Å². The lowest BCUT2D eigenvalue weighted by Gasteiger charge is -2.38. The molecule has 1 unspecified atom stereocenters. The Morgan fingerprint density at radius 2 is 1.82 bits per heavy atom. The van der Waals surface area contributed by atoms with Gasteiger partial charge in [-0.3, -0.25) is 0 Å². The van der Waals surface area contributed by atoms with Gasteiger partial charge in [-0.1, -0.05) is 6.07 Å². The molecule has 2 aromatic rings. The largest absolute Gasteiger partial charge is 0.381 e. The van der Waals surface area contributed by atoms with Crippen LogP contribution in [-0.4, -0.2) is 12.6 Å². The number of hydrogen-bond acceptors (Lipinski definition) is 2. The Morgan fingerprint density at radius 1 is 1.09 bits per heavy atom. The maximum atomic E-state index is 13.4. The van der Waals surface area contributed by atoms with Gasteiger partial charge in [-0.25, -0.2) is 8.78 Å². The second-order valence-corrected chi connectivity index (χ2v) is 6.06. The molecule has 0 radical (unpaired) electrons. The molecule has 1 aliphatic rings. The first-order chi connectivity index (χ1) is 10.5. The van der Waals surface area contributed by atoms with Crippen LogP contribution in [0.2, 0.25) is 0 Å². The molecule has 3 rings (SSSR count). The molecule has 0 amide bonds. The number of anilines is 2. The van der Waals surface area contributed by atoms with Crippen LogP contribution in [0.1, 0.15) is 23.6 Å². The van der Waals surface area contributed by atoms with E-state index in [9.17, 15) is 8.78 Å². The van der Waals surface area contributed by atoms with E-state index < -0.39 is 11.6 Å². The van der Waals surface area contributed by atoms with Crippen molar-refractivity contribution < 1.29 is 8.78 Å². The van der Waals surface area contributed by atoms with Crippen molar-refractivity contribution in [3.05, 3.63) is 58.7 Å². The molecular formula is C18H20F2N2. The number of halogens is 2. The van der Waals surface area contributed by atoms with Crippen molar-refractivity contribution in [1.82, 2.24) is 0 Å². The number of nitrogens with one attached hydrogen (secondary N) is 1. The molecule has 0 saturated carbocycles. The fraction of sp³-hybridized carbons (Fsp3) is 0.333. The smallest absolute Gasteiger partial charge is 0.159 e. The summed E-state index contributed by atoms with van der Waals surface area (Å²) < 4.78 is 26.5. The van der Waals surface area contributed by atoms with E-state index in [4.69, 9.17) is 0 Å². The number of benzene rings is 2. The number of fused-ring (bicyclic) bond motifs is 1. The minimum atomic E-state index is -0.802. The first-order valence-electron chi connectivity index (χ1n) is 7.51. The molecule has 0 aromatic heterocycles. The maximum absolute atomic E-state index is 13.4. The van der Waals surface area contributed by atoms with Crippen LogP contribution in [0.5, 0.6) is 0 Å². The van der Waals surface area contributed by atoms with Crippen molar-refractivity contribution in [2.24, 2.45) is 0 Å². The van der Waals surface area contributed by atoms with Crippen LogP contribution in [0.25, 0.3) is 0 Å². The van der Waals surface area contributed by atoms with E-state index in [2.05, 4.69) is 43.1 Å². The van der Waals surface area contributed by atoms with E-state index in [0.29, 0.717) is 6.54 Å². The standard InChI is InChI=1S/C18H20F2N2/c1-11-6-17-18(7-12(11)2)22(13(3)9-21-17)10-14-4-5-15(19)16(20)8-14/h4-8,13,21H,9-10H2,1-3H3. The van der Waals surface area contributed by atoms with Crippen LogP contribution in [0.15, 0.2) is 30.3 Å². The fourth-order valence-electron chi connectivity index (χ4n) is 2.86. The van der Waals surface area contributed by atoms with Gasteiger partial charge < -0.3 is 10.2 Å². The molecule has 116 valence electrons. The lowest BCUT2D eigenvalue weighted by atomic mass is 10.0. The van der Waals surface area contributed by atoms with Gasteiger partial charge >= 0.3 is 0 Å². The lowest BCUT2D eigenvalue weighted by Crippen LogP contribution is -2.41. The third-order valence-electron chi connectivity index (χ3n) is 4.38. The number of nitrogens with zero attached hydrogens (tertiary/aromatic N) is 1. The van der Waals surface area contributed by atoms with Gasteiger partial charge in [-0.15, -0.1) is 0 Å². The molecule has 22 heavy (non-hydrogen) atoms. The second kappa shape index (κ2) is 5.59. The van der Waals surface area contributed by atoms with Crippen molar-refractivity contribution in [3.8, 4) is 0 Å². The molecule has 0 saturated heterocycles. The summed E-state index contributed by atoms with van der Waals surface area (Å²) >= 11 is 0. The van der Waals surface area contributed by atoms with Crippen LogP contribution in [-0.2, 0) is 6.54 Å². The number of hydrogen-bond donors (Lipinski definition) is 1. The van der Waals surface area contributed by atoms with Crippen molar-refractivity contribution in [2.45, 2.75) is 33.4 Å². The quantitative estimate of drug-likeness (QED) is 0.884. The number of aryl methyl sites for hydroxylation is 2. The van der Waals surface area contributed by atoms with Gasteiger partial charge in [0.05, 0.1) is 11.4 Å². The van der Waals surface area contributed by atoms with Crippen LogP contribution >= 0.6 is 0 Å². The molecule has 0 aliphatic carbocycles. The van der Waals surface area contributed by atoms with E-state index in [1.54, 1.807) is 6.07 Å². The van der Waals surface area contributed by atoms with Crippen molar-refractivity contribution in [1.29, 1.82) is 0 Å². The SMILES string of the molecule is Cc1cc2c(cc1C)N(Cc1ccc(F)c(F)c1)C(C)CN2. The monoisotopic (exact) mass is 302 g/mol. The first kappa shape index (κ1) is 14.8. The molecule has 1 heterocycles. The van der Waals surface area contributed by atoms with Crippen LogP contribution < -0.4 is 10.2 Å². The highest BCUT2D eigenvalue weighted by atomic mass is 19.2. The Labute approximate surface area is 129 Å². The molecule has 0 spiro atoms. The third-order valence-corrected chi connectivity index (χ3v) is 4.38. The summed E-state index contributed by atoms with van der Waals surface area (Å²) in [7, 11) is 0. The van der Waals surface area contributed by atoms with Crippen molar-refractivity contribution >= 4 is 11.4 Å². The molecule has 1 N–H and O–H groups in total.